The minimum atomic E-state index is -3.50. The van der Waals surface area contributed by atoms with Gasteiger partial charge in [0.15, 0.2) is 9.84 Å². The monoisotopic (exact) mass is 297 g/mol. The number of sulfone groups is 1. The third kappa shape index (κ3) is 4.04. The Bertz CT molecular complexity index is 783. The fourth-order valence-corrected chi connectivity index (χ4v) is 3.17. The molecular weight excluding hydrogens is 282 g/mol. The van der Waals surface area contributed by atoms with E-state index in [0.717, 1.165) is 11.1 Å². The van der Waals surface area contributed by atoms with Crippen LogP contribution in [0.5, 0.6) is 0 Å². The fourth-order valence-electron chi connectivity index (χ4n) is 1.89. The molecule has 0 saturated carbocycles. The summed E-state index contributed by atoms with van der Waals surface area (Å²) in [4.78, 5) is 0.238. The van der Waals surface area contributed by atoms with Crippen molar-refractivity contribution in [3.05, 3.63) is 71.3 Å². The molecule has 0 aliphatic rings. The SMILES string of the molecule is Cc1ccc(S(=O)(=O)C/C(C#N)=C/c2ccccc2)cc1. The van der Waals surface area contributed by atoms with Crippen molar-refractivity contribution in [1.82, 2.24) is 0 Å². The third-order valence-electron chi connectivity index (χ3n) is 3.01. The van der Waals surface area contributed by atoms with E-state index in [1.807, 2.05) is 43.3 Å². The second-order valence-electron chi connectivity index (χ2n) is 4.76. The van der Waals surface area contributed by atoms with Gasteiger partial charge >= 0.3 is 0 Å². The quantitative estimate of drug-likeness (QED) is 0.813. The van der Waals surface area contributed by atoms with Crippen molar-refractivity contribution in [3.8, 4) is 6.07 Å². The first-order valence-electron chi connectivity index (χ1n) is 6.46. The second kappa shape index (κ2) is 6.38. The molecule has 0 bridgehead atoms. The molecule has 0 saturated heterocycles. The van der Waals surface area contributed by atoms with Crippen LogP contribution in [0.25, 0.3) is 6.08 Å². The normalized spacial score (nSPS) is 11.9. The number of hydrogen-bond donors (Lipinski definition) is 0. The molecule has 0 unspecified atom stereocenters. The molecule has 0 aliphatic carbocycles. The topological polar surface area (TPSA) is 57.9 Å². The summed E-state index contributed by atoms with van der Waals surface area (Å²) in [5.41, 5.74) is 2.03. The highest BCUT2D eigenvalue weighted by Gasteiger charge is 2.16. The largest absolute Gasteiger partial charge is 0.223 e. The van der Waals surface area contributed by atoms with Gasteiger partial charge in [-0.25, -0.2) is 8.42 Å². The van der Waals surface area contributed by atoms with E-state index in [1.165, 1.54) is 0 Å². The molecule has 2 rings (SSSR count). The maximum atomic E-state index is 12.3. The molecule has 4 heteroatoms. The van der Waals surface area contributed by atoms with Crippen LogP contribution < -0.4 is 0 Å². The van der Waals surface area contributed by atoms with Crippen LogP contribution in [0.2, 0.25) is 0 Å². The zero-order chi connectivity index (χ0) is 15.3. The number of benzene rings is 2. The molecule has 21 heavy (non-hydrogen) atoms. The van der Waals surface area contributed by atoms with Crippen LogP contribution in [-0.2, 0) is 9.84 Å². The van der Waals surface area contributed by atoms with E-state index < -0.39 is 9.84 Å². The highest BCUT2D eigenvalue weighted by Crippen LogP contribution is 2.16. The first-order valence-corrected chi connectivity index (χ1v) is 8.11. The second-order valence-corrected chi connectivity index (χ2v) is 6.75. The number of aryl methyl sites for hydroxylation is 1. The summed E-state index contributed by atoms with van der Waals surface area (Å²) in [6.45, 7) is 1.90. The zero-order valence-electron chi connectivity index (χ0n) is 11.7. The van der Waals surface area contributed by atoms with E-state index >= 15 is 0 Å². The maximum Gasteiger partial charge on any atom is 0.183 e. The van der Waals surface area contributed by atoms with E-state index in [2.05, 4.69) is 0 Å². The molecule has 0 N–H and O–H groups in total. The third-order valence-corrected chi connectivity index (χ3v) is 4.69. The summed E-state index contributed by atoms with van der Waals surface area (Å²) in [6.07, 6.45) is 1.60. The summed E-state index contributed by atoms with van der Waals surface area (Å²) < 4.78 is 24.6. The van der Waals surface area contributed by atoms with E-state index in [-0.39, 0.29) is 16.2 Å². The molecule has 0 aromatic heterocycles. The number of nitrogens with zero attached hydrogens (tertiary/aromatic N) is 1. The summed E-state index contributed by atoms with van der Waals surface area (Å²) >= 11 is 0. The molecule has 2 aromatic carbocycles. The van der Waals surface area contributed by atoms with Crippen molar-refractivity contribution in [3.63, 3.8) is 0 Å². The van der Waals surface area contributed by atoms with Crippen LogP contribution in [0.3, 0.4) is 0 Å². The van der Waals surface area contributed by atoms with Crippen molar-refractivity contribution < 1.29 is 8.42 Å². The maximum absolute atomic E-state index is 12.3. The average molecular weight is 297 g/mol. The lowest BCUT2D eigenvalue weighted by Crippen LogP contribution is -2.08. The van der Waals surface area contributed by atoms with Gasteiger partial charge in [-0.15, -0.1) is 0 Å². The first-order chi connectivity index (χ1) is 10.0. The van der Waals surface area contributed by atoms with E-state index in [4.69, 9.17) is 5.26 Å². The van der Waals surface area contributed by atoms with E-state index in [9.17, 15) is 8.42 Å². The summed E-state index contributed by atoms with van der Waals surface area (Å²) in [5, 5.41) is 9.16. The van der Waals surface area contributed by atoms with Gasteiger partial charge in [0.25, 0.3) is 0 Å². The van der Waals surface area contributed by atoms with E-state index in [0.29, 0.717) is 0 Å². The fraction of sp³-hybridized carbons (Fsp3) is 0.118. The number of rotatable bonds is 4. The van der Waals surface area contributed by atoms with Crippen molar-refractivity contribution in [2.75, 3.05) is 5.75 Å². The number of nitriles is 1. The van der Waals surface area contributed by atoms with Crippen molar-refractivity contribution in [2.45, 2.75) is 11.8 Å². The van der Waals surface area contributed by atoms with Crippen molar-refractivity contribution in [2.24, 2.45) is 0 Å². The highest BCUT2D eigenvalue weighted by atomic mass is 32.2. The van der Waals surface area contributed by atoms with Gasteiger partial charge in [-0.05, 0) is 30.7 Å². The lowest BCUT2D eigenvalue weighted by atomic mass is 10.1. The Labute approximate surface area is 125 Å². The Morgan fingerprint density at radius 3 is 2.29 bits per heavy atom. The minimum absolute atomic E-state index is 0.224. The predicted molar refractivity (Wildman–Crippen MR) is 83.3 cm³/mol. The van der Waals surface area contributed by atoms with Gasteiger partial charge in [-0.2, -0.15) is 5.26 Å². The first kappa shape index (κ1) is 15.0. The van der Waals surface area contributed by atoms with Gasteiger partial charge in [0.1, 0.15) is 0 Å². The number of hydrogen-bond acceptors (Lipinski definition) is 3. The minimum Gasteiger partial charge on any atom is -0.223 e. The van der Waals surface area contributed by atoms with Gasteiger partial charge in [0, 0.05) is 5.57 Å². The van der Waals surface area contributed by atoms with Crippen LogP contribution in [-0.4, -0.2) is 14.2 Å². The highest BCUT2D eigenvalue weighted by molar-refractivity contribution is 7.91. The molecule has 0 fully saturated rings. The van der Waals surface area contributed by atoms with Crippen LogP contribution in [0.4, 0.5) is 0 Å². The lowest BCUT2D eigenvalue weighted by Gasteiger charge is -2.04. The lowest BCUT2D eigenvalue weighted by molar-refractivity contribution is 0.598. The van der Waals surface area contributed by atoms with Gasteiger partial charge in [0.05, 0.1) is 16.7 Å². The summed E-state index contributed by atoms with van der Waals surface area (Å²) in [5.74, 6) is -0.290. The Hall–Kier alpha value is -2.38. The molecule has 0 amide bonds. The van der Waals surface area contributed by atoms with Gasteiger partial charge in [-0.1, -0.05) is 48.0 Å². The molecule has 0 aliphatic heterocycles. The molecule has 2 aromatic rings. The van der Waals surface area contributed by atoms with E-state index in [1.54, 1.807) is 30.3 Å². The smallest absolute Gasteiger partial charge is 0.183 e. The molecule has 106 valence electrons. The van der Waals surface area contributed by atoms with Crippen LogP contribution in [0, 0.1) is 18.3 Å². The molecular formula is C17H15NO2S. The molecule has 0 radical (unpaired) electrons. The van der Waals surface area contributed by atoms with Crippen LogP contribution in [0.15, 0.2) is 65.1 Å². The van der Waals surface area contributed by atoms with Gasteiger partial charge < -0.3 is 0 Å². The Morgan fingerprint density at radius 1 is 1.10 bits per heavy atom. The van der Waals surface area contributed by atoms with Gasteiger partial charge in [0.2, 0.25) is 0 Å². The standard InChI is InChI=1S/C17H15NO2S/c1-14-7-9-17(10-8-14)21(19,20)13-16(12-18)11-15-5-3-2-4-6-15/h2-11H,13H2,1H3/b16-11+. The predicted octanol–water partition coefficient (Wildman–Crippen LogP) is 3.38. The average Bonchev–Trinajstić information content (AvgIpc) is 2.48. The molecule has 0 heterocycles. The van der Waals surface area contributed by atoms with Crippen LogP contribution in [0.1, 0.15) is 11.1 Å². The van der Waals surface area contributed by atoms with Crippen LogP contribution >= 0.6 is 0 Å². The zero-order valence-corrected chi connectivity index (χ0v) is 12.5. The Balaban J connectivity index is 2.28. The summed E-state index contributed by atoms with van der Waals surface area (Å²) in [7, 11) is -3.50. The molecule has 3 nitrogen and oxygen atoms in total. The van der Waals surface area contributed by atoms with Crippen molar-refractivity contribution >= 4 is 15.9 Å². The van der Waals surface area contributed by atoms with Gasteiger partial charge in [-0.3, -0.25) is 0 Å². The Kier molecular flexibility index (Phi) is 4.56. The summed E-state index contributed by atoms with van der Waals surface area (Å²) in [6, 6.07) is 17.8. The van der Waals surface area contributed by atoms with Crippen molar-refractivity contribution in [1.29, 1.82) is 5.26 Å². The molecule has 0 spiro atoms. The Morgan fingerprint density at radius 2 is 1.71 bits per heavy atom. The molecule has 0 atom stereocenters.